The summed E-state index contributed by atoms with van der Waals surface area (Å²) in [4.78, 5) is 34.6. The molecule has 0 bridgehead atoms. The molecule has 6 nitrogen and oxygen atoms in total. The van der Waals surface area contributed by atoms with E-state index in [0.29, 0.717) is 5.56 Å². The van der Waals surface area contributed by atoms with Crippen LogP contribution in [0.25, 0.3) is 0 Å². The molecule has 0 fully saturated rings. The lowest BCUT2D eigenvalue weighted by atomic mass is 10.2. The van der Waals surface area contributed by atoms with Crippen molar-refractivity contribution >= 4 is 28.8 Å². The molecular formula is C13H16N2O4S. The normalized spacial score (nSPS) is 11.5. The average Bonchev–Trinajstić information content (AvgIpc) is 2.50. The van der Waals surface area contributed by atoms with Gasteiger partial charge in [-0.05, 0) is 0 Å². The predicted octanol–water partition coefficient (Wildman–Crippen LogP) is 0.176. The second-order valence-electron chi connectivity index (χ2n) is 3.81. The standard InChI is InChI=1S/C13H16N2O4S/c1-19-12(17)10(15-11(16)7-14)8-20-13(18)9-5-3-2-4-6-9/h2-6,10H,7-8,14H2,1H3,(H,15,16)/t10-/m0/s1. The smallest absolute Gasteiger partial charge is 0.329 e. The van der Waals surface area contributed by atoms with Gasteiger partial charge in [0.25, 0.3) is 0 Å². The van der Waals surface area contributed by atoms with E-state index < -0.39 is 17.9 Å². The zero-order chi connectivity index (χ0) is 15.0. The van der Waals surface area contributed by atoms with Crippen molar-refractivity contribution in [1.29, 1.82) is 0 Å². The molecule has 0 heterocycles. The van der Waals surface area contributed by atoms with Crippen molar-refractivity contribution in [3.63, 3.8) is 0 Å². The molecular weight excluding hydrogens is 280 g/mol. The molecule has 0 spiro atoms. The highest BCUT2D eigenvalue weighted by Gasteiger charge is 2.22. The number of nitrogens with two attached hydrogens (primary N) is 1. The van der Waals surface area contributed by atoms with Crippen molar-refractivity contribution in [3.05, 3.63) is 35.9 Å². The van der Waals surface area contributed by atoms with Crippen LogP contribution in [0.2, 0.25) is 0 Å². The van der Waals surface area contributed by atoms with Crippen LogP contribution < -0.4 is 11.1 Å². The molecule has 1 amide bonds. The second-order valence-corrected chi connectivity index (χ2v) is 4.80. The number of hydrogen-bond acceptors (Lipinski definition) is 6. The number of carbonyl (C=O) groups is 3. The molecule has 20 heavy (non-hydrogen) atoms. The van der Waals surface area contributed by atoms with Crippen molar-refractivity contribution in [2.45, 2.75) is 6.04 Å². The van der Waals surface area contributed by atoms with E-state index in [4.69, 9.17) is 5.73 Å². The molecule has 1 rings (SSSR count). The van der Waals surface area contributed by atoms with Crippen LogP contribution in [0.15, 0.2) is 30.3 Å². The van der Waals surface area contributed by atoms with Gasteiger partial charge in [0.15, 0.2) is 0 Å². The second kappa shape index (κ2) is 8.34. The van der Waals surface area contributed by atoms with Gasteiger partial charge in [-0.3, -0.25) is 9.59 Å². The molecule has 0 radical (unpaired) electrons. The lowest BCUT2D eigenvalue weighted by molar-refractivity contribution is -0.144. The number of rotatable bonds is 6. The van der Waals surface area contributed by atoms with E-state index in [1.807, 2.05) is 0 Å². The maximum Gasteiger partial charge on any atom is 0.329 e. The van der Waals surface area contributed by atoms with Gasteiger partial charge >= 0.3 is 5.97 Å². The Balaban J connectivity index is 2.60. The number of nitrogens with one attached hydrogen (secondary N) is 1. The summed E-state index contributed by atoms with van der Waals surface area (Å²) < 4.78 is 4.58. The highest BCUT2D eigenvalue weighted by atomic mass is 32.2. The largest absolute Gasteiger partial charge is 0.467 e. The number of hydrogen-bond donors (Lipinski definition) is 2. The molecule has 1 aromatic carbocycles. The van der Waals surface area contributed by atoms with Crippen LogP contribution in [0.4, 0.5) is 0 Å². The highest BCUT2D eigenvalue weighted by molar-refractivity contribution is 8.14. The van der Waals surface area contributed by atoms with Crippen molar-refractivity contribution in [3.8, 4) is 0 Å². The van der Waals surface area contributed by atoms with Gasteiger partial charge in [0, 0.05) is 11.3 Å². The third-order valence-corrected chi connectivity index (χ3v) is 3.39. The molecule has 0 saturated heterocycles. The zero-order valence-electron chi connectivity index (χ0n) is 11.0. The number of amides is 1. The lowest BCUT2D eigenvalue weighted by Crippen LogP contribution is -2.45. The van der Waals surface area contributed by atoms with Gasteiger partial charge in [-0.1, -0.05) is 42.1 Å². The van der Waals surface area contributed by atoms with Gasteiger partial charge in [-0.15, -0.1) is 0 Å². The topological polar surface area (TPSA) is 98.5 Å². The first-order chi connectivity index (χ1) is 9.58. The Labute approximate surface area is 121 Å². The fourth-order valence-electron chi connectivity index (χ4n) is 1.38. The third-order valence-electron chi connectivity index (χ3n) is 2.40. The Hall–Kier alpha value is -1.86. The molecule has 3 N–H and O–H groups in total. The minimum Gasteiger partial charge on any atom is -0.467 e. The number of carbonyl (C=O) groups excluding carboxylic acids is 3. The van der Waals surface area contributed by atoms with Crippen LogP contribution in [0.3, 0.4) is 0 Å². The van der Waals surface area contributed by atoms with Gasteiger partial charge in [-0.2, -0.15) is 0 Å². The minimum atomic E-state index is -0.895. The van der Waals surface area contributed by atoms with Crippen molar-refractivity contribution in [2.24, 2.45) is 5.73 Å². The van der Waals surface area contributed by atoms with Crippen LogP contribution in [0.5, 0.6) is 0 Å². The van der Waals surface area contributed by atoms with Crippen molar-refractivity contribution in [1.82, 2.24) is 5.32 Å². The molecule has 0 saturated carbocycles. The van der Waals surface area contributed by atoms with Crippen LogP contribution in [-0.2, 0) is 14.3 Å². The quantitative estimate of drug-likeness (QED) is 0.726. The van der Waals surface area contributed by atoms with Gasteiger partial charge in [-0.25, -0.2) is 4.79 Å². The maximum atomic E-state index is 11.9. The summed E-state index contributed by atoms with van der Waals surface area (Å²) in [6.07, 6.45) is 0. The van der Waals surface area contributed by atoms with Crippen LogP contribution >= 0.6 is 11.8 Å². The van der Waals surface area contributed by atoms with E-state index in [1.54, 1.807) is 30.3 Å². The number of ether oxygens (including phenoxy) is 1. The summed E-state index contributed by atoms with van der Waals surface area (Å²) in [6.45, 7) is -0.231. The van der Waals surface area contributed by atoms with Crippen LogP contribution in [0.1, 0.15) is 10.4 Å². The van der Waals surface area contributed by atoms with E-state index in [1.165, 1.54) is 7.11 Å². The van der Waals surface area contributed by atoms with E-state index in [9.17, 15) is 14.4 Å². The fourth-order valence-corrected chi connectivity index (χ4v) is 2.22. The van der Waals surface area contributed by atoms with E-state index >= 15 is 0 Å². The molecule has 7 heteroatoms. The van der Waals surface area contributed by atoms with Crippen LogP contribution in [0, 0.1) is 0 Å². The number of benzene rings is 1. The Kier molecular flexibility index (Phi) is 6.75. The first kappa shape index (κ1) is 16.2. The molecule has 1 aromatic rings. The van der Waals surface area contributed by atoms with Crippen molar-refractivity contribution < 1.29 is 19.1 Å². The van der Waals surface area contributed by atoms with Crippen LogP contribution in [-0.4, -0.2) is 42.4 Å². The average molecular weight is 296 g/mol. The molecule has 1 atom stereocenters. The highest BCUT2D eigenvalue weighted by Crippen LogP contribution is 2.13. The molecule has 0 aliphatic carbocycles. The predicted molar refractivity (Wildman–Crippen MR) is 76.2 cm³/mol. The molecule has 0 aromatic heterocycles. The van der Waals surface area contributed by atoms with Gasteiger partial charge < -0.3 is 15.8 Å². The number of esters is 1. The molecule has 0 aliphatic rings. The Morgan fingerprint density at radius 1 is 1.30 bits per heavy atom. The first-order valence-corrected chi connectivity index (χ1v) is 6.86. The first-order valence-electron chi connectivity index (χ1n) is 5.88. The SMILES string of the molecule is COC(=O)[C@H](CSC(=O)c1ccccc1)NC(=O)CN. The van der Waals surface area contributed by atoms with Gasteiger partial charge in [0.1, 0.15) is 6.04 Å². The summed E-state index contributed by atoms with van der Waals surface area (Å²) in [5.41, 5.74) is 5.70. The number of thioether (sulfide) groups is 1. The summed E-state index contributed by atoms with van der Waals surface area (Å²) >= 11 is 0.939. The monoisotopic (exact) mass is 296 g/mol. The van der Waals surface area contributed by atoms with E-state index in [-0.39, 0.29) is 17.4 Å². The Bertz CT molecular complexity index is 479. The minimum absolute atomic E-state index is 0.0894. The molecule has 108 valence electrons. The summed E-state index contributed by atoms with van der Waals surface area (Å²) in [5, 5.41) is 2.23. The molecule has 0 unspecified atom stereocenters. The molecule has 0 aliphatic heterocycles. The summed E-state index contributed by atoms with van der Waals surface area (Å²) in [6, 6.07) is 7.78. The lowest BCUT2D eigenvalue weighted by Gasteiger charge is -2.15. The Morgan fingerprint density at radius 3 is 2.50 bits per heavy atom. The van der Waals surface area contributed by atoms with Crippen molar-refractivity contribution in [2.75, 3.05) is 19.4 Å². The third kappa shape index (κ3) is 5.02. The van der Waals surface area contributed by atoms with Gasteiger partial charge in [0.05, 0.1) is 13.7 Å². The summed E-state index contributed by atoms with van der Waals surface area (Å²) in [5.74, 6) is -1.00. The number of methoxy groups -OCH3 is 1. The maximum absolute atomic E-state index is 11.9. The summed E-state index contributed by atoms with van der Waals surface area (Å²) in [7, 11) is 1.22. The van der Waals surface area contributed by atoms with E-state index in [2.05, 4.69) is 10.1 Å². The fraction of sp³-hybridized carbons (Fsp3) is 0.308. The Morgan fingerprint density at radius 2 is 1.95 bits per heavy atom. The van der Waals surface area contributed by atoms with Gasteiger partial charge in [0.2, 0.25) is 11.0 Å². The zero-order valence-corrected chi connectivity index (χ0v) is 11.8. The van der Waals surface area contributed by atoms with E-state index in [0.717, 1.165) is 11.8 Å².